The van der Waals surface area contributed by atoms with Crippen molar-refractivity contribution < 1.29 is 0 Å². The fourth-order valence-corrected chi connectivity index (χ4v) is 0.463. The Hall–Kier alpha value is 0.470. The lowest BCUT2D eigenvalue weighted by Gasteiger charge is -1.92. The number of hydrogen-bond donors (Lipinski definition) is 1. The Morgan fingerprint density at radius 1 is 1.67 bits per heavy atom. The normalized spacial score (nSPS) is 8.50. The van der Waals surface area contributed by atoms with Crippen LogP contribution < -0.4 is 5.32 Å². The third kappa shape index (κ3) is 4.47. The van der Waals surface area contributed by atoms with Crippen molar-refractivity contribution in [3.8, 4) is 0 Å². The second-order valence-corrected chi connectivity index (χ2v) is 1.92. The smallest absolute Gasteiger partial charge is 0.177 e. The highest BCUT2D eigenvalue weighted by molar-refractivity contribution is 7.78. The van der Waals surface area contributed by atoms with Crippen LogP contribution in [0, 0.1) is 0 Å². The number of rotatable bonds is 2. The summed E-state index contributed by atoms with van der Waals surface area (Å²) in [5.74, 6) is 0. The fourth-order valence-electron chi connectivity index (χ4n) is 0.0514. The third-order valence-electron chi connectivity index (χ3n) is 0.194. The molecule has 0 radical (unpaired) electrons. The van der Waals surface area contributed by atoms with E-state index in [4.69, 9.17) is 23.2 Å². The molecule has 0 aliphatic heterocycles. The molecule has 0 aromatic carbocycles. The van der Waals surface area contributed by atoms with Gasteiger partial charge < -0.3 is 5.32 Å². The third-order valence-corrected chi connectivity index (χ3v) is 0.582. The van der Waals surface area contributed by atoms with Crippen LogP contribution >= 0.6 is 35.4 Å². The minimum absolute atomic E-state index is 0.567. The first kappa shape index (κ1) is 6.47. The van der Waals surface area contributed by atoms with E-state index < -0.39 is 4.96 Å². The molecular weight excluding hydrogens is 141 g/mol. The topological polar surface area (TPSA) is 12.0 Å². The minimum Gasteiger partial charge on any atom is -0.354 e. The lowest BCUT2D eigenvalue weighted by Crippen LogP contribution is -2.13. The van der Waals surface area contributed by atoms with Crippen LogP contribution in [0.4, 0.5) is 0 Å². The molecule has 0 heterocycles. The van der Waals surface area contributed by atoms with E-state index >= 15 is 0 Å². The summed E-state index contributed by atoms with van der Waals surface area (Å²) in [5.41, 5.74) is 1.27. The Kier molecular flexibility index (Phi) is 3.94. The van der Waals surface area contributed by atoms with E-state index in [1.807, 2.05) is 0 Å². The molecule has 0 aromatic rings. The summed E-state index contributed by atoms with van der Waals surface area (Å²) in [6, 6.07) is 0. The lowest BCUT2D eigenvalue weighted by molar-refractivity contribution is 1.09. The molecule has 4 heteroatoms. The zero-order valence-corrected chi connectivity index (χ0v) is 5.15. The number of hydrogen-bond acceptors (Lipinski definition) is 1. The SMILES string of the molecule is S=CNC(Cl)Cl. The van der Waals surface area contributed by atoms with Crippen molar-refractivity contribution in [3.63, 3.8) is 0 Å². The Morgan fingerprint density at radius 2 is 2.17 bits per heavy atom. The van der Waals surface area contributed by atoms with Gasteiger partial charge in [0.1, 0.15) is 0 Å². The second kappa shape index (κ2) is 3.65. The predicted octanol–water partition coefficient (Wildman–Crippen LogP) is 1.29. The quantitative estimate of drug-likeness (QED) is 0.356. The van der Waals surface area contributed by atoms with E-state index in [1.54, 1.807) is 0 Å². The van der Waals surface area contributed by atoms with Gasteiger partial charge in [-0.2, -0.15) is 0 Å². The first-order valence-electron chi connectivity index (χ1n) is 1.25. The van der Waals surface area contributed by atoms with Crippen molar-refractivity contribution >= 4 is 40.9 Å². The molecule has 0 bridgehead atoms. The Labute approximate surface area is 51.6 Å². The first-order valence-corrected chi connectivity index (χ1v) is 2.59. The van der Waals surface area contributed by atoms with Crippen molar-refractivity contribution in [3.05, 3.63) is 0 Å². The van der Waals surface area contributed by atoms with Crippen molar-refractivity contribution in [1.29, 1.82) is 0 Å². The van der Waals surface area contributed by atoms with Gasteiger partial charge in [0.25, 0.3) is 0 Å². The van der Waals surface area contributed by atoms with E-state index in [1.165, 1.54) is 5.49 Å². The standard InChI is InChI=1S/C2H3Cl2NS/c3-2(4)5-1-6/h1-2H,(H,5,6). The monoisotopic (exact) mass is 143 g/mol. The summed E-state index contributed by atoms with van der Waals surface area (Å²) >= 11 is 14.6. The van der Waals surface area contributed by atoms with Crippen molar-refractivity contribution in [2.75, 3.05) is 0 Å². The van der Waals surface area contributed by atoms with Gasteiger partial charge in [0, 0.05) is 0 Å². The van der Waals surface area contributed by atoms with Crippen LogP contribution in [0.15, 0.2) is 0 Å². The molecule has 36 valence electrons. The van der Waals surface area contributed by atoms with Crippen molar-refractivity contribution in [1.82, 2.24) is 5.32 Å². The zero-order valence-electron chi connectivity index (χ0n) is 2.82. The van der Waals surface area contributed by atoms with Gasteiger partial charge in [0.2, 0.25) is 0 Å². The largest absolute Gasteiger partial charge is 0.354 e. The van der Waals surface area contributed by atoms with Crippen LogP contribution in [0.25, 0.3) is 0 Å². The molecule has 1 nitrogen and oxygen atoms in total. The van der Waals surface area contributed by atoms with E-state index in [-0.39, 0.29) is 0 Å². The molecule has 1 N–H and O–H groups in total. The summed E-state index contributed by atoms with van der Waals surface area (Å²) in [4.78, 5) is -0.567. The lowest BCUT2D eigenvalue weighted by atomic mass is 11.2. The highest BCUT2D eigenvalue weighted by Crippen LogP contribution is 1.92. The molecule has 0 unspecified atom stereocenters. The molecule has 0 aliphatic carbocycles. The van der Waals surface area contributed by atoms with E-state index in [9.17, 15) is 0 Å². The summed E-state index contributed by atoms with van der Waals surface area (Å²) in [5, 5.41) is 2.43. The van der Waals surface area contributed by atoms with Crippen LogP contribution in [-0.2, 0) is 0 Å². The van der Waals surface area contributed by atoms with Gasteiger partial charge in [-0.3, -0.25) is 0 Å². The van der Waals surface area contributed by atoms with Crippen LogP contribution in [-0.4, -0.2) is 10.5 Å². The van der Waals surface area contributed by atoms with E-state index in [0.29, 0.717) is 0 Å². The van der Waals surface area contributed by atoms with Gasteiger partial charge in [0.05, 0.1) is 5.49 Å². The summed E-state index contributed by atoms with van der Waals surface area (Å²) in [6.07, 6.45) is 0. The summed E-state index contributed by atoms with van der Waals surface area (Å²) in [7, 11) is 0. The molecule has 0 aliphatic rings. The highest BCUT2D eigenvalue weighted by Gasteiger charge is 1.86. The van der Waals surface area contributed by atoms with E-state index in [2.05, 4.69) is 17.5 Å². The molecule has 0 atom stereocenters. The minimum atomic E-state index is -0.567. The molecule has 0 rings (SSSR count). The average molecular weight is 144 g/mol. The molecular formula is C2H3Cl2NS. The van der Waals surface area contributed by atoms with Gasteiger partial charge in [-0.15, -0.1) is 0 Å². The maximum absolute atomic E-state index is 5.13. The number of alkyl halides is 2. The van der Waals surface area contributed by atoms with Crippen molar-refractivity contribution in [2.45, 2.75) is 4.96 Å². The molecule has 6 heavy (non-hydrogen) atoms. The van der Waals surface area contributed by atoms with Crippen LogP contribution in [0.3, 0.4) is 0 Å². The van der Waals surface area contributed by atoms with Gasteiger partial charge in [0.15, 0.2) is 4.96 Å². The Bertz CT molecular complexity index is 46.8. The van der Waals surface area contributed by atoms with E-state index in [0.717, 1.165) is 0 Å². The van der Waals surface area contributed by atoms with Gasteiger partial charge in [-0.1, -0.05) is 35.4 Å². The zero-order chi connectivity index (χ0) is 4.99. The summed E-state index contributed by atoms with van der Waals surface area (Å²) in [6.45, 7) is 0. The maximum Gasteiger partial charge on any atom is 0.177 e. The average Bonchev–Trinajstić information content (AvgIpc) is 1.35. The summed E-state index contributed by atoms with van der Waals surface area (Å²) < 4.78 is 0. The molecule has 0 aromatic heterocycles. The molecule has 0 saturated heterocycles. The first-order chi connectivity index (χ1) is 2.77. The number of halogens is 2. The van der Waals surface area contributed by atoms with Crippen molar-refractivity contribution in [2.24, 2.45) is 0 Å². The molecule has 0 amide bonds. The number of thiocarbonyl (C=S) groups is 1. The van der Waals surface area contributed by atoms with Gasteiger partial charge in [-0.25, -0.2) is 0 Å². The Balaban J connectivity index is 2.81. The van der Waals surface area contributed by atoms with Crippen LogP contribution in [0.5, 0.6) is 0 Å². The van der Waals surface area contributed by atoms with Crippen LogP contribution in [0.1, 0.15) is 0 Å². The van der Waals surface area contributed by atoms with Gasteiger partial charge >= 0.3 is 0 Å². The maximum atomic E-state index is 5.13. The second-order valence-electron chi connectivity index (χ2n) is 0.585. The van der Waals surface area contributed by atoms with Gasteiger partial charge in [-0.05, 0) is 0 Å². The van der Waals surface area contributed by atoms with Crippen LogP contribution in [0.2, 0.25) is 0 Å². The molecule has 0 saturated carbocycles. The molecule has 0 spiro atoms. The predicted molar refractivity (Wildman–Crippen MR) is 32.3 cm³/mol. The Morgan fingerprint density at radius 3 is 2.17 bits per heavy atom. The molecule has 0 fully saturated rings. The highest BCUT2D eigenvalue weighted by atomic mass is 35.5. The number of nitrogens with one attached hydrogen (secondary N) is 1. The fraction of sp³-hybridized carbons (Fsp3) is 0.500.